The maximum Gasteiger partial charge on any atom is 0.261 e. The Bertz CT molecular complexity index is 720. The molecule has 2 amide bonds. The number of aryl methyl sites for hydroxylation is 1. The maximum absolute atomic E-state index is 11.9. The highest BCUT2D eigenvalue weighted by atomic mass is 32.2. The first-order valence-corrected chi connectivity index (χ1v) is 7.24. The Kier molecular flexibility index (Phi) is 3.27. The highest BCUT2D eigenvalue weighted by Crippen LogP contribution is 2.34. The van der Waals surface area contributed by atoms with Crippen LogP contribution >= 0.6 is 24.0 Å². The minimum atomic E-state index is -0.391. The van der Waals surface area contributed by atoms with Crippen LogP contribution in [0.15, 0.2) is 34.2 Å². The molecule has 0 aromatic carbocycles. The molecule has 2 aliphatic rings. The molecular formula is C14H10N2O2S2. The SMILES string of the molecule is Cc1cc2c(c(SC3=CC=CCC3=S)n1)C(=O)NC2=O. The Morgan fingerprint density at radius 1 is 1.35 bits per heavy atom. The molecule has 4 nitrogen and oxygen atoms in total. The second-order valence-corrected chi connectivity index (χ2v) is 5.99. The fraction of sp³-hybridized carbons (Fsp3) is 0.143. The van der Waals surface area contributed by atoms with Gasteiger partial charge in [0.25, 0.3) is 11.8 Å². The molecule has 1 aromatic heterocycles. The molecule has 1 aromatic rings. The fourth-order valence-electron chi connectivity index (χ4n) is 2.07. The first-order valence-electron chi connectivity index (χ1n) is 6.01. The summed E-state index contributed by atoms with van der Waals surface area (Å²) in [5.41, 5.74) is 1.45. The van der Waals surface area contributed by atoms with E-state index in [1.165, 1.54) is 11.8 Å². The quantitative estimate of drug-likeness (QED) is 0.672. The van der Waals surface area contributed by atoms with Crippen molar-refractivity contribution < 1.29 is 9.59 Å². The number of thioether (sulfide) groups is 1. The number of fused-ring (bicyclic) bond motifs is 1. The van der Waals surface area contributed by atoms with E-state index in [0.29, 0.717) is 28.3 Å². The number of nitrogens with zero attached hydrogens (tertiary/aromatic N) is 1. The molecule has 2 heterocycles. The lowest BCUT2D eigenvalue weighted by Gasteiger charge is -2.11. The summed E-state index contributed by atoms with van der Waals surface area (Å²) in [7, 11) is 0. The highest BCUT2D eigenvalue weighted by Gasteiger charge is 2.31. The summed E-state index contributed by atoms with van der Waals surface area (Å²) < 4.78 is 0. The van der Waals surface area contributed by atoms with Gasteiger partial charge in [0, 0.05) is 21.9 Å². The number of thiocarbonyl (C=S) groups is 1. The van der Waals surface area contributed by atoms with Crippen LogP contribution in [0.4, 0.5) is 0 Å². The number of imide groups is 1. The molecule has 100 valence electrons. The zero-order valence-corrected chi connectivity index (χ0v) is 12.2. The number of hydrogen-bond donors (Lipinski definition) is 1. The van der Waals surface area contributed by atoms with E-state index >= 15 is 0 Å². The van der Waals surface area contributed by atoms with Gasteiger partial charge in [0.15, 0.2) is 0 Å². The zero-order valence-electron chi connectivity index (χ0n) is 10.6. The van der Waals surface area contributed by atoms with Gasteiger partial charge in [-0.2, -0.15) is 0 Å². The second kappa shape index (κ2) is 4.96. The van der Waals surface area contributed by atoms with E-state index in [4.69, 9.17) is 12.2 Å². The molecule has 1 aliphatic carbocycles. The molecular weight excluding hydrogens is 292 g/mol. The third-order valence-corrected chi connectivity index (χ3v) is 4.59. The average molecular weight is 302 g/mol. The van der Waals surface area contributed by atoms with E-state index in [2.05, 4.69) is 10.3 Å². The molecule has 0 unspecified atom stereocenters. The largest absolute Gasteiger partial charge is 0.288 e. The van der Waals surface area contributed by atoms with Crippen LogP contribution < -0.4 is 5.32 Å². The summed E-state index contributed by atoms with van der Waals surface area (Å²) in [4.78, 5) is 29.7. The van der Waals surface area contributed by atoms with E-state index in [9.17, 15) is 9.59 Å². The minimum Gasteiger partial charge on any atom is -0.288 e. The Labute approximate surface area is 125 Å². The van der Waals surface area contributed by atoms with Gasteiger partial charge in [0.05, 0.1) is 11.1 Å². The van der Waals surface area contributed by atoms with Crippen molar-refractivity contribution in [2.24, 2.45) is 0 Å². The molecule has 0 saturated heterocycles. The predicted octanol–water partition coefficient (Wildman–Crippen LogP) is 2.58. The van der Waals surface area contributed by atoms with Crippen molar-refractivity contribution in [1.82, 2.24) is 10.3 Å². The van der Waals surface area contributed by atoms with E-state index in [-0.39, 0.29) is 5.91 Å². The lowest BCUT2D eigenvalue weighted by Crippen LogP contribution is -2.20. The van der Waals surface area contributed by atoms with Crippen LogP contribution in [-0.2, 0) is 0 Å². The Morgan fingerprint density at radius 3 is 2.90 bits per heavy atom. The van der Waals surface area contributed by atoms with Crippen molar-refractivity contribution in [3.8, 4) is 0 Å². The van der Waals surface area contributed by atoms with Crippen LogP contribution in [0.3, 0.4) is 0 Å². The smallest absolute Gasteiger partial charge is 0.261 e. The monoisotopic (exact) mass is 302 g/mol. The van der Waals surface area contributed by atoms with Gasteiger partial charge in [0.2, 0.25) is 0 Å². The normalized spacial score (nSPS) is 17.1. The van der Waals surface area contributed by atoms with E-state index in [0.717, 1.165) is 9.77 Å². The van der Waals surface area contributed by atoms with Gasteiger partial charge in [-0.1, -0.05) is 36.1 Å². The summed E-state index contributed by atoms with van der Waals surface area (Å²) in [6.07, 6.45) is 6.53. The number of allylic oxidation sites excluding steroid dienone is 4. The Balaban J connectivity index is 2.07. The molecule has 0 saturated carbocycles. The predicted molar refractivity (Wildman–Crippen MR) is 81.1 cm³/mol. The number of amides is 2. The number of pyridine rings is 1. The van der Waals surface area contributed by atoms with E-state index in [1.54, 1.807) is 13.0 Å². The molecule has 0 radical (unpaired) electrons. The van der Waals surface area contributed by atoms with Gasteiger partial charge in [-0.3, -0.25) is 14.9 Å². The molecule has 0 atom stereocenters. The van der Waals surface area contributed by atoms with Gasteiger partial charge < -0.3 is 0 Å². The van der Waals surface area contributed by atoms with Crippen LogP contribution in [0.25, 0.3) is 0 Å². The first-order chi connectivity index (χ1) is 9.56. The molecule has 1 N–H and O–H groups in total. The molecule has 0 fully saturated rings. The van der Waals surface area contributed by atoms with Crippen LogP contribution in [-0.4, -0.2) is 21.7 Å². The third kappa shape index (κ3) is 2.21. The topological polar surface area (TPSA) is 59.1 Å². The molecule has 0 spiro atoms. The van der Waals surface area contributed by atoms with Crippen molar-refractivity contribution in [2.45, 2.75) is 18.4 Å². The number of nitrogens with one attached hydrogen (secondary N) is 1. The Morgan fingerprint density at radius 2 is 2.15 bits per heavy atom. The van der Waals surface area contributed by atoms with E-state index < -0.39 is 5.91 Å². The number of hydrogen-bond acceptors (Lipinski definition) is 5. The van der Waals surface area contributed by atoms with Crippen molar-refractivity contribution in [1.29, 1.82) is 0 Å². The van der Waals surface area contributed by atoms with Crippen molar-refractivity contribution in [2.75, 3.05) is 0 Å². The number of rotatable bonds is 2. The van der Waals surface area contributed by atoms with Gasteiger partial charge in [-0.25, -0.2) is 4.98 Å². The summed E-state index contributed by atoms with van der Waals surface area (Å²) in [5, 5.41) is 2.84. The molecule has 3 rings (SSSR count). The summed E-state index contributed by atoms with van der Waals surface area (Å²) in [6, 6.07) is 1.63. The summed E-state index contributed by atoms with van der Waals surface area (Å²) in [6.45, 7) is 1.80. The minimum absolute atomic E-state index is 0.351. The lowest BCUT2D eigenvalue weighted by atomic mass is 10.1. The molecule has 1 aliphatic heterocycles. The number of aromatic nitrogens is 1. The third-order valence-electron chi connectivity index (χ3n) is 2.98. The van der Waals surface area contributed by atoms with Crippen LogP contribution in [0, 0.1) is 6.92 Å². The van der Waals surface area contributed by atoms with Crippen molar-refractivity contribution >= 4 is 40.7 Å². The fourth-order valence-corrected chi connectivity index (χ4v) is 3.40. The van der Waals surface area contributed by atoms with Gasteiger partial charge >= 0.3 is 0 Å². The first kappa shape index (κ1) is 13.2. The molecule has 6 heteroatoms. The van der Waals surface area contributed by atoms with Gasteiger partial charge in [0.1, 0.15) is 5.03 Å². The van der Waals surface area contributed by atoms with Crippen LogP contribution in [0.5, 0.6) is 0 Å². The van der Waals surface area contributed by atoms with Gasteiger partial charge in [-0.05, 0) is 19.1 Å². The highest BCUT2D eigenvalue weighted by molar-refractivity contribution is 8.05. The molecule has 0 bridgehead atoms. The Hall–Kier alpha value is -1.79. The number of carbonyl (C=O) groups excluding carboxylic acids is 2. The standard InChI is InChI=1S/C14H10N2O2S2/c1-7-6-8-11(13(18)16-12(8)17)14(15-7)20-10-5-3-2-4-9(10)19/h2-3,5-6H,4H2,1H3,(H,16,17,18). The van der Waals surface area contributed by atoms with Gasteiger partial charge in [-0.15, -0.1) is 0 Å². The van der Waals surface area contributed by atoms with Crippen molar-refractivity contribution in [3.05, 3.63) is 46.0 Å². The summed E-state index contributed by atoms with van der Waals surface area (Å²) >= 11 is 6.65. The van der Waals surface area contributed by atoms with Crippen molar-refractivity contribution in [3.63, 3.8) is 0 Å². The lowest BCUT2D eigenvalue weighted by molar-refractivity contribution is 0.0878. The number of carbonyl (C=O) groups is 2. The zero-order chi connectivity index (χ0) is 14.3. The summed E-state index contributed by atoms with van der Waals surface area (Å²) in [5.74, 6) is -0.754. The average Bonchev–Trinajstić information content (AvgIpc) is 2.67. The van der Waals surface area contributed by atoms with E-state index in [1.807, 2.05) is 18.2 Å². The molecule has 20 heavy (non-hydrogen) atoms. The maximum atomic E-state index is 11.9. The van der Waals surface area contributed by atoms with Crippen LogP contribution in [0.2, 0.25) is 0 Å². The second-order valence-electron chi connectivity index (χ2n) is 4.46. The van der Waals surface area contributed by atoms with Crippen LogP contribution in [0.1, 0.15) is 32.8 Å².